The summed E-state index contributed by atoms with van der Waals surface area (Å²) in [6.07, 6.45) is 5.98. The Kier molecular flexibility index (Phi) is 6.97. The van der Waals surface area contributed by atoms with Crippen LogP contribution in [-0.4, -0.2) is 42.9 Å². The van der Waals surface area contributed by atoms with Crippen LogP contribution in [0.5, 0.6) is 0 Å². The number of aliphatic imine (C=N–C) groups is 1. The summed E-state index contributed by atoms with van der Waals surface area (Å²) in [5.41, 5.74) is -0.731. The maximum Gasteiger partial charge on any atom is 0.225 e. The van der Waals surface area contributed by atoms with Crippen LogP contribution < -0.4 is 10.6 Å². The van der Waals surface area contributed by atoms with Gasteiger partial charge in [-0.05, 0) is 19.3 Å². The molecule has 1 aromatic carbocycles. The number of amides is 1. The topological polar surface area (TPSA) is 56.7 Å². The molecule has 160 valence electrons. The van der Waals surface area contributed by atoms with Gasteiger partial charge in [-0.2, -0.15) is 0 Å². The molecule has 2 fully saturated rings. The van der Waals surface area contributed by atoms with E-state index in [1.54, 1.807) is 0 Å². The fourth-order valence-electron chi connectivity index (χ4n) is 4.02. The van der Waals surface area contributed by atoms with E-state index in [1.807, 2.05) is 4.90 Å². The lowest BCUT2D eigenvalue weighted by Crippen LogP contribution is -2.45. The monoisotopic (exact) mass is 414 g/mol. The van der Waals surface area contributed by atoms with Crippen LogP contribution >= 0.6 is 0 Å². The van der Waals surface area contributed by atoms with Crippen molar-refractivity contribution >= 4 is 11.9 Å². The molecule has 5 nitrogen and oxygen atoms in total. The van der Waals surface area contributed by atoms with Crippen molar-refractivity contribution in [3.63, 3.8) is 0 Å². The number of carbonyl (C=O) groups is 1. The van der Waals surface area contributed by atoms with Crippen molar-refractivity contribution in [3.8, 4) is 0 Å². The van der Waals surface area contributed by atoms with Gasteiger partial charge in [-0.3, -0.25) is 9.79 Å². The van der Waals surface area contributed by atoms with Crippen LogP contribution in [0.3, 0.4) is 0 Å². The smallest absolute Gasteiger partial charge is 0.225 e. The molecule has 9 heteroatoms. The first-order chi connectivity index (χ1) is 13.9. The molecule has 29 heavy (non-hydrogen) atoms. The van der Waals surface area contributed by atoms with E-state index in [9.17, 15) is 22.4 Å². The number of hydrogen-bond acceptors (Lipinski definition) is 2. The zero-order valence-electron chi connectivity index (χ0n) is 16.4. The van der Waals surface area contributed by atoms with E-state index in [2.05, 4.69) is 15.6 Å². The second-order valence-electron chi connectivity index (χ2n) is 7.62. The number of nitrogens with one attached hydrogen (secondary N) is 2. The average Bonchev–Trinajstić information content (AvgIpc) is 3.20. The second kappa shape index (κ2) is 9.45. The molecule has 0 radical (unpaired) electrons. The second-order valence-corrected chi connectivity index (χ2v) is 7.62. The first-order valence-corrected chi connectivity index (χ1v) is 9.98. The number of guanidine groups is 1. The minimum absolute atomic E-state index is 0.0623. The van der Waals surface area contributed by atoms with Gasteiger partial charge in [0.25, 0.3) is 0 Å². The van der Waals surface area contributed by atoms with Crippen LogP contribution in [-0.2, 0) is 11.3 Å². The van der Waals surface area contributed by atoms with Gasteiger partial charge in [0.2, 0.25) is 5.91 Å². The number of nitrogens with zero attached hydrogens (tertiary/aromatic N) is 2. The Morgan fingerprint density at radius 2 is 1.76 bits per heavy atom. The van der Waals surface area contributed by atoms with Gasteiger partial charge in [-0.15, -0.1) is 0 Å². The Balaban J connectivity index is 1.54. The summed E-state index contributed by atoms with van der Waals surface area (Å²) in [7, 11) is 1.48. The van der Waals surface area contributed by atoms with E-state index in [1.165, 1.54) is 13.5 Å². The number of rotatable bonds is 4. The molecule has 0 aromatic heterocycles. The number of likely N-dealkylation sites (tertiary alicyclic amines) is 1. The molecular weight excluding hydrogens is 388 g/mol. The molecule has 1 atom stereocenters. The van der Waals surface area contributed by atoms with Gasteiger partial charge >= 0.3 is 0 Å². The summed E-state index contributed by atoms with van der Waals surface area (Å²) in [5.74, 6) is -5.22. The Morgan fingerprint density at radius 1 is 1.10 bits per heavy atom. The van der Waals surface area contributed by atoms with Crippen molar-refractivity contribution in [2.75, 3.05) is 20.1 Å². The summed E-state index contributed by atoms with van der Waals surface area (Å²) in [4.78, 5) is 18.5. The Morgan fingerprint density at radius 3 is 2.38 bits per heavy atom. The molecule has 1 saturated carbocycles. The molecule has 3 rings (SSSR count). The standard InChI is InChI=1S/C20H26F4N4O/c1-25-20(26-10-14-17(23)15(21)9-16(22)18(14)24)27-13-7-8-28(11-13)19(29)12-5-3-2-4-6-12/h9,12-13H,2-8,10-11H2,1H3,(H2,25,26,27). The molecule has 2 N–H and O–H groups in total. The third-order valence-electron chi connectivity index (χ3n) is 5.65. The maximum atomic E-state index is 13.8. The Labute approximate surface area is 167 Å². The van der Waals surface area contributed by atoms with Gasteiger partial charge in [0.15, 0.2) is 29.2 Å². The minimum atomic E-state index is -1.45. The molecule has 0 bridgehead atoms. The van der Waals surface area contributed by atoms with Crippen molar-refractivity contribution in [1.82, 2.24) is 15.5 Å². The van der Waals surface area contributed by atoms with Crippen LogP contribution in [0.1, 0.15) is 44.1 Å². The lowest BCUT2D eigenvalue weighted by Gasteiger charge is -2.26. The highest BCUT2D eigenvalue weighted by Gasteiger charge is 2.32. The third-order valence-corrected chi connectivity index (χ3v) is 5.65. The predicted molar refractivity (Wildman–Crippen MR) is 101 cm³/mol. The molecule has 2 aliphatic rings. The van der Waals surface area contributed by atoms with E-state index in [-0.39, 0.29) is 29.9 Å². The average molecular weight is 414 g/mol. The highest BCUT2D eigenvalue weighted by Crippen LogP contribution is 2.27. The van der Waals surface area contributed by atoms with E-state index in [0.717, 1.165) is 32.1 Å². The number of hydrogen-bond donors (Lipinski definition) is 2. The summed E-state index contributed by atoms with van der Waals surface area (Å²) >= 11 is 0. The summed E-state index contributed by atoms with van der Waals surface area (Å²) in [5, 5.41) is 5.78. The minimum Gasteiger partial charge on any atom is -0.352 e. The molecule has 1 aliphatic carbocycles. The zero-order chi connectivity index (χ0) is 21.0. The van der Waals surface area contributed by atoms with Gasteiger partial charge in [-0.25, -0.2) is 17.6 Å². The van der Waals surface area contributed by atoms with Crippen molar-refractivity contribution in [2.45, 2.75) is 51.1 Å². The van der Waals surface area contributed by atoms with Crippen molar-refractivity contribution in [2.24, 2.45) is 10.9 Å². The van der Waals surface area contributed by atoms with Gasteiger partial charge in [-0.1, -0.05) is 19.3 Å². The van der Waals surface area contributed by atoms with Crippen LogP contribution in [0, 0.1) is 29.2 Å². The molecule has 1 saturated heterocycles. The molecule has 1 aromatic rings. The lowest BCUT2D eigenvalue weighted by molar-refractivity contribution is -0.135. The molecule has 1 heterocycles. The SMILES string of the molecule is CN=C(NCc1c(F)c(F)cc(F)c1F)NC1CCN(C(=O)C2CCCCC2)C1. The molecule has 0 spiro atoms. The van der Waals surface area contributed by atoms with E-state index in [0.29, 0.717) is 13.1 Å². The predicted octanol–water partition coefficient (Wildman–Crippen LogP) is 3.09. The lowest BCUT2D eigenvalue weighted by atomic mass is 9.88. The fourth-order valence-corrected chi connectivity index (χ4v) is 4.02. The largest absolute Gasteiger partial charge is 0.352 e. The highest BCUT2D eigenvalue weighted by molar-refractivity contribution is 5.81. The third kappa shape index (κ3) is 5.00. The van der Waals surface area contributed by atoms with E-state index in [4.69, 9.17) is 0 Å². The van der Waals surface area contributed by atoms with Crippen LogP contribution in [0.2, 0.25) is 0 Å². The molecule has 1 unspecified atom stereocenters. The summed E-state index contributed by atoms with van der Waals surface area (Å²) < 4.78 is 54.3. The summed E-state index contributed by atoms with van der Waals surface area (Å²) in [6, 6.07) is 0.116. The number of halogens is 4. The Bertz CT molecular complexity index is 754. The van der Waals surface area contributed by atoms with Crippen molar-refractivity contribution < 1.29 is 22.4 Å². The molecule has 1 amide bonds. The van der Waals surface area contributed by atoms with Crippen LogP contribution in [0.25, 0.3) is 0 Å². The van der Waals surface area contributed by atoms with E-state index >= 15 is 0 Å². The number of carbonyl (C=O) groups excluding carboxylic acids is 1. The summed E-state index contributed by atoms with van der Waals surface area (Å²) in [6.45, 7) is 0.694. The van der Waals surface area contributed by atoms with Gasteiger partial charge in [0.05, 0.1) is 0 Å². The molecular formula is C20H26F4N4O. The van der Waals surface area contributed by atoms with Crippen LogP contribution in [0.15, 0.2) is 11.1 Å². The van der Waals surface area contributed by atoms with Gasteiger partial charge in [0.1, 0.15) is 0 Å². The zero-order valence-corrected chi connectivity index (χ0v) is 16.4. The van der Waals surface area contributed by atoms with Gasteiger partial charge in [0, 0.05) is 50.3 Å². The highest BCUT2D eigenvalue weighted by atomic mass is 19.2. The number of benzene rings is 1. The normalized spacial score (nSPS) is 20.8. The Hall–Kier alpha value is -2.32. The first-order valence-electron chi connectivity index (χ1n) is 9.98. The first kappa shape index (κ1) is 21.4. The fraction of sp³-hybridized carbons (Fsp3) is 0.600. The van der Waals surface area contributed by atoms with Crippen molar-refractivity contribution in [3.05, 3.63) is 34.9 Å². The maximum absolute atomic E-state index is 13.8. The quantitative estimate of drug-likeness (QED) is 0.345. The van der Waals surface area contributed by atoms with E-state index < -0.39 is 35.4 Å². The molecule has 1 aliphatic heterocycles. The van der Waals surface area contributed by atoms with Crippen LogP contribution in [0.4, 0.5) is 17.6 Å². The van der Waals surface area contributed by atoms with Gasteiger partial charge < -0.3 is 15.5 Å². The van der Waals surface area contributed by atoms with Crippen molar-refractivity contribution in [1.29, 1.82) is 0 Å².